The molecule has 166 valence electrons. The van der Waals surface area contributed by atoms with Gasteiger partial charge in [0.05, 0.1) is 12.1 Å². The number of nitrogens with zero attached hydrogens (tertiary/aromatic N) is 2. The molecule has 3 aromatic carbocycles. The van der Waals surface area contributed by atoms with Crippen molar-refractivity contribution in [3.8, 4) is 5.88 Å². The van der Waals surface area contributed by atoms with Crippen LogP contribution in [0.1, 0.15) is 37.3 Å². The van der Waals surface area contributed by atoms with Gasteiger partial charge in [0, 0.05) is 18.5 Å². The van der Waals surface area contributed by atoms with E-state index in [4.69, 9.17) is 9.72 Å². The molecule has 1 aliphatic heterocycles. The van der Waals surface area contributed by atoms with Crippen molar-refractivity contribution >= 4 is 22.2 Å². The molecule has 0 radical (unpaired) electrons. The first-order valence-corrected chi connectivity index (χ1v) is 11.9. The molecule has 1 aromatic heterocycles. The first kappa shape index (κ1) is 21.3. The quantitative estimate of drug-likeness (QED) is 0.323. The fraction of sp³-hybridized carbons (Fsp3) is 0.233. The van der Waals surface area contributed by atoms with Gasteiger partial charge in [-0.1, -0.05) is 91.4 Å². The largest absolute Gasteiger partial charge is 0.476 e. The molecule has 0 spiro atoms. The predicted molar refractivity (Wildman–Crippen MR) is 138 cm³/mol. The molecule has 0 saturated carbocycles. The monoisotopic (exact) mass is 434 g/mol. The Balaban J connectivity index is 1.48. The number of hydrogen-bond acceptors (Lipinski definition) is 3. The molecule has 0 aliphatic carbocycles. The lowest BCUT2D eigenvalue weighted by molar-refractivity contribution is 0.306. The zero-order chi connectivity index (χ0) is 22.5. The van der Waals surface area contributed by atoms with Gasteiger partial charge in [-0.15, -0.1) is 0 Å². The molecule has 5 rings (SSSR count). The Labute approximate surface area is 196 Å². The Morgan fingerprint density at radius 3 is 2.06 bits per heavy atom. The number of benzene rings is 3. The summed E-state index contributed by atoms with van der Waals surface area (Å²) in [7, 11) is 0. The Morgan fingerprint density at radius 1 is 0.818 bits per heavy atom. The van der Waals surface area contributed by atoms with Gasteiger partial charge in [0.2, 0.25) is 5.88 Å². The van der Waals surface area contributed by atoms with Gasteiger partial charge in [0.1, 0.15) is 5.69 Å². The fourth-order valence-electron chi connectivity index (χ4n) is 4.67. The third-order valence-corrected chi connectivity index (χ3v) is 6.30. The first-order chi connectivity index (χ1) is 16.3. The lowest BCUT2D eigenvalue weighted by Crippen LogP contribution is -2.31. The van der Waals surface area contributed by atoms with E-state index < -0.39 is 0 Å². The molecule has 0 unspecified atom stereocenters. The van der Waals surface area contributed by atoms with Crippen LogP contribution in [0.15, 0.2) is 96.6 Å². The Kier molecular flexibility index (Phi) is 6.39. The van der Waals surface area contributed by atoms with Crippen molar-refractivity contribution in [1.29, 1.82) is 0 Å². The first-order valence-electron chi connectivity index (χ1n) is 11.9. The van der Waals surface area contributed by atoms with E-state index in [0.29, 0.717) is 6.61 Å². The second-order valence-electron chi connectivity index (χ2n) is 8.55. The summed E-state index contributed by atoms with van der Waals surface area (Å²) in [6, 6.07) is 32.2. The minimum absolute atomic E-state index is 0.684. The average molecular weight is 435 g/mol. The van der Waals surface area contributed by atoms with Gasteiger partial charge in [-0.25, -0.2) is 4.98 Å². The molecule has 0 bridgehead atoms. The van der Waals surface area contributed by atoms with Crippen molar-refractivity contribution < 1.29 is 4.74 Å². The van der Waals surface area contributed by atoms with Gasteiger partial charge in [-0.05, 0) is 48.1 Å². The number of aromatic nitrogens is 1. The highest BCUT2D eigenvalue weighted by atomic mass is 16.5. The number of piperidine rings is 1. The average Bonchev–Trinajstić information content (AvgIpc) is 2.89. The molecular formula is C30H30N2O. The van der Waals surface area contributed by atoms with Gasteiger partial charge in [-0.2, -0.15) is 0 Å². The molecular weight excluding hydrogens is 404 g/mol. The van der Waals surface area contributed by atoms with Crippen LogP contribution in [0.2, 0.25) is 0 Å². The third-order valence-electron chi connectivity index (χ3n) is 6.30. The van der Waals surface area contributed by atoms with Crippen LogP contribution in [0.25, 0.3) is 16.5 Å². The summed E-state index contributed by atoms with van der Waals surface area (Å²) in [6.07, 6.45) is 3.02. The lowest BCUT2D eigenvalue weighted by atomic mass is 9.88. The number of ether oxygens (including phenoxy) is 1. The topological polar surface area (TPSA) is 25.4 Å². The summed E-state index contributed by atoms with van der Waals surface area (Å²) in [5.41, 5.74) is 7.60. The van der Waals surface area contributed by atoms with Gasteiger partial charge >= 0.3 is 0 Å². The van der Waals surface area contributed by atoms with E-state index in [1.807, 2.05) is 6.07 Å². The molecule has 0 amide bonds. The highest BCUT2D eigenvalue weighted by Gasteiger charge is 2.22. The Hall–Kier alpha value is -3.59. The minimum Gasteiger partial charge on any atom is -0.476 e. The van der Waals surface area contributed by atoms with E-state index in [-0.39, 0.29) is 0 Å². The highest BCUT2D eigenvalue weighted by Crippen LogP contribution is 2.36. The molecule has 0 atom stereocenters. The maximum absolute atomic E-state index is 6.10. The zero-order valence-corrected chi connectivity index (χ0v) is 19.2. The molecule has 1 fully saturated rings. The molecule has 0 N–H and O–H groups in total. The second kappa shape index (κ2) is 9.91. The second-order valence-corrected chi connectivity index (χ2v) is 8.55. The molecule has 3 nitrogen and oxygen atoms in total. The molecule has 1 aliphatic rings. The van der Waals surface area contributed by atoms with Crippen molar-refractivity contribution in [3.63, 3.8) is 0 Å². The van der Waals surface area contributed by atoms with Gasteiger partial charge in [0.15, 0.2) is 0 Å². The normalized spacial score (nSPS) is 13.8. The van der Waals surface area contributed by atoms with Crippen LogP contribution in [0.4, 0.5) is 5.69 Å². The van der Waals surface area contributed by atoms with Crippen molar-refractivity contribution in [2.75, 3.05) is 24.6 Å². The molecule has 4 aromatic rings. The maximum atomic E-state index is 6.10. The van der Waals surface area contributed by atoms with Crippen LogP contribution in [0, 0.1) is 0 Å². The highest BCUT2D eigenvalue weighted by molar-refractivity contribution is 5.85. The van der Waals surface area contributed by atoms with E-state index in [2.05, 4.69) is 96.8 Å². The number of para-hydroxylation sites is 1. The number of fused-ring (bicyclic) bond motifs is 1. The van der Waals surface area contributed by atoms with E-state index in [9.17, 15) is 0 Å². The minimum atomic E-state index is 0.684. The maximum Gasteiger partial charge on any atom is 0.238 e. The Morgan fingerprint density at radius 2 is 1.42 bits per heavy atom. The summed E-state index contributed by atoms with van der Waals surface area (Å²) in [4.78, 5) is 7.31. The van der Waals surface area contributed by atoms with Crippen molar-refractivity contribution in [3.05, 3.63) is 108 Å². The number of hydrogen-bond donors (Lipinski definition) is 0. The fourth-order valence-corrected chi connectivity index (χ4v) is 4.67. The third kappa shape index (κ3) is 4.63. The van der Waals surface area contributed by atoms with Gasteiger partial charge in [-0.3, -0.25) is 0 Å². The molecule has 3 heteroatoms. The number of anilines is 1. The van der Waals surface area contributed by atoms with E-state index in [1.54, 1.807) is 0 Å². The number of pyridine rings is 1. The smallest absolute Gasteiger partial charge is 0.238 e. The van der Waals surface area contributed by atoms with Crippen LogP contribution in [-0.4, -0.2) is 24.7 Å². The van der Waals surface area contributed by atoms with Gasteiger partial charge < -0.3 is 9.64 Å². The van der Waals surface area contributed by atoms with E-state index >= 15 is 0 Å². The van der Waals surface area contributed by atoms with Crippen LogP contribution in [0.5, 0.6) is 5.88 Å². The van der Waals surface area contributed by atoms with Gasteiger partial charge in [0.25, 0.3) is 0 Å². The summed E-state index contributed by atoms with van der Waals surface area (Å²) < 4.78 is 6.10. The van der Waals surface area contributed by atoms with Crippen molar-refractivity contribution in [2.24, 2.45) is 0 Å². The SMILES string of the molecule is CCCOc1nc2ccccc2cc1N1CCC(=C(c2ccccc2)c2ccccc2)CC1. The lowest BCUT2D eigenvalue weighted by Gasteiger charge is -2.33. The predicted octanol–water partition coefficient (Wildman–Crippen LogP) is 7.13. The van der Waals surface area contributed by atoms with E-state index in [0.717, 1.165) is 54.8 Å². The molecule has 1 saturated heterocycles. The van der Waals surface area contributed by atoms with Crippen LogP contribution in [0.3, 0.4) is 0 Å². The van der Waals surface area contributed by atoms with Crippen LogP contribution >= 0.6 is 0 Å². The molecule has 2 heterocycles. The Bertz CT molecular complexity index is 1200. The van der Waals surface area contributed by atoms with Crippen molar-refractivity contribution in [1.82, 2.24) is 4.98 Å². The summed E-state index contributed by atoms with van der Waals surface area (Å²) in [5.74, 6) is 0.759. The number of rotatable bonds is 6. The standard InChI is InChI=1S/C30H30N2O/c1-2-21-33-30-28(22-26-15-9-10-16-27(26)31-30)32-19-17-25(18-20-32)29(23-11-5-3-6-12-23)24-13-7-4-8-14-24/h3-16,22H,2,17-21H2,1H3. The summed E-state index contributed by atoms with van der Waals surface area (Å²) in [6.45, 7) is 4.74. The zero-order valence-electron chi connectivity index (χ0n) is 19.2. The summed E-state index contributed by atoms with van der Waals surface area (Å²) in [5, 5.41) is 1.16. The van der Waals surface area contributed by atoms with Crippen molar-refractivity contribution in [2.45, 2.75) is 26.2 Å². The van der Waals surface area contributed by atoms with E-state index in [1.165, 1.54) is 22.3 Å². The summed E-state index contributed by atoms with van der Waals surface area (Å²) >= 11 is 0. The van der Waals surface area contributed by atoms with Crippen LogP contribution < -0.4 is 9.64 Å². The molecule has 33 heavy (non-hydrogen) atoms. The van der Waals surface area contributed by atoms with Crippen LogP contribution in [-0.2, 0) is 0 Å².